The quantitative estimate of drug-likeness (QED) is 0.887. The summed E-state index contributed by atoms with van der Waals surface area (Å²) in [5.41, 5.74) is 9.55. The molecule has 1 aromatic heterocycles. The molecule has 1 heterocycles. The van der Waals surface area contributed by atoms with Gasteiger partial charge in [-0.2, -0.15) is 5.10 Å². The van der Waals surface area contributed by atoms with Crippen LogP contribution in [-0.4, -0.2) is 9.78 Å². The fourth-order valence-electron chi connectivity index (χ4n) is 2.01. The average Bonchev–Trinajstić information content (AvgIpc) is 2.70. The van der Waals surface area contributed by atoms with Gasteiger partial charge in [0.1, 0.15) is 5.82 Å². The van der Waals surface area contributed by atoms with Gasteiger partial charge < -0.3 is 5.73 Å². The molecule has 102 valence electrons. The van der Waals surface area contributed by atoms with Gasteiger partial charge in [0.25, 0.3) is 0 Å². The summed E-state index contributed by atoms with van der Waals surface area (Å²) in [6.07, 6.45) is 0. The molecule has 0 aliphatic carbocycles. The first-order valence-corrected chi connectivity index (χ1v) is 6.75. The largest absolute Gasteiger partial charge is 0.384 e. The van der Waals surface area contributed by atoms with Crippen LogP contribution < -0.4 is 5.73 Å². The average molecular weight is 257 g/mol. The van der Waals surface area contributed by atoms with Gasteiger partial charge in [-0.25, -0.2) is 4.68 Å². The van der Waals surface area contributed by atoms with Gasteiger partial charge in [-0.3, -0.25) is 0 Å². The lowest BCUT2D eigenvalue weighted by molar-refractivity contribution is 0.590. The van der Waals surface area contributed by atoms with Gasteiger partial charge in [-0.05, 0) is 29.0 Å². The van der Waals surface area contributed by atoms with Crippen molar-refractivity contribution >= 4 is 5.82 Å². The summed E-state index contributed by atoms with van der Waals surface area (Å²) in [6.45, 7) is 10.9. The van der Waals surface area contributed by atoms with Crippen LogP contribution in [0.2, 0.25) is 0 Å². The molecule has 0 bridgehead atoms. The normalized spacial score (nSPS) is 12.1. The van der Waals surface area contributed by atoms with E-state index in [2.05, 4.69) is 64.0 Å². The molecule has 1 aromatic carbocycles. The van der Waals surface area contributed by atoms with Gasteiger partial charge in [-0.1, -0.05) is 46.8 Å². The van der Waals surface area contributed by atoms with E-state index < -0.39 is 0 Å². The Morgan fingerprint density at radius 1 is 1.11 bits per heavy atom. The van der Waals surface area contributed by atoms with Crippen molar-refractivity contribution in [2.45, 2.75) is 46.0 Å². The number of nitrogens with zero attached hydrogens (tertiary/aromatic N) is 2. The molecule has 0 aliphatic heterocycles. The molecule has 0 aliphatic rings. The SMILES string of the molecule is CC(C)c1cc(N)n(-c2ccc(C(C)(C)C)cc2)n1. The fraction of sp³-hybridized carbons (Fsp3) is 0.438. The molecule has 0 fully saturated rings. The van der Waals surface area contributed by atoms with Gasteiger partial charge in [0.2, 0.25) is 0 Å². The molecule has 0 atom stereocenters. The van der Waals surface area contributed by atoms with E-state index in [1.807, 2.05) is 10.7 Å². The third-order valence-corrected chi connectivity index (χ3v) is 3.33. The lowest BCUT2D eigenvalue weighted by atomic mass is 9.87. The van der Waals surface area contributed by atoms with Crippen molar-refractivity contribution in [3.8, 4) is 5.69 Å². The van der Waals surface area contributed by atoms with Gasteiger partial charge in [0.15, 0.2) is 0 Å². The third-order valence-electron chi connectivity index (χ3n) is 3.33. The van der Waals surface area contributed by atoms with Crippen LogP contribution >= 0.6 is 0 Å². The number of nitrogen functional groups attached to an aromatic ring is 1. The van der Waals surface area contributed by atoms with Crippen molar-refractivity contribution in [3.05, 3.63) is 41.6 Å². The summed E-state index contributed by atoms with van der Waals surface area (Å²) in [5.74, 6) is 1.07. The zero-order chi connectivity index (χ0) is 14.2. The number of benzene rings is 1. The van der Waals surface area contributed by atoms with E-state index in [0.717, 1.165) is 11.4 Å². The highest BCUT2D eigenvalue weighted by Gasteiger charge is 2.14. The highest BCUT2D eigenvalue weighted by Crippen LogP contribution is 2.24. The number of anilines is 1. The lowest BCUT2D eigenvalue weighted by Crippen LogP contribution is -2.11. The molecule has 0 spiro atoms. The van der Waals surface area contributed by atoms with Crippen molar-refractivity contribution < 1.29 is 0 Å². The van der Waals surface area contributed by atoms with E-state index in [4.69, 9.17) is 5.73 Å². The molecule has 0 unspecified atom stereocenters. The molecular formula is C16H23N3. The van der Waals surface area contributed by atoms with E-state index in [0.29, 0.717) is 11.7 Å². The van der Waals surface area contributed by atoms with Crippen molar-refractivity contribution in [3.63, 3.8) is 0 Å². The summed E-state index contributed by atoms with van der Waals surface area (Å²) >= 11 is 0. The smallest absolute Gasteiger partial charge is 0.127 e. The minimum absolute atomic E-state index is 0.164. The number of aromatic nitrogens is 2. The zero-order valence-electron chi connectivity index (χ0n) is 12.4. The van der Waals surface area contributed by atoms with Crippen LogP contribution in [0.25, 0.3) is 5.69 Å². The number of rotatable bonds is 2. The molecule has 0 amide bonds. The Labute approximate surface area is 115 Å². The minimum atomic E-state index is 0.164. The summed E-state index contributed by atoms with van der Waals surface area (Å²) in [5, 5.41) is 4.56. The predicted molar refractivity (Wildman–Crippen MR) is 80.8 cm³/mol. The van der Waals surface area contributed by atoms with Crippen molar-refractivity contribution in [1.29, 1.82) is 0 Å². The maximum absolute atomic E-state index is 6.04. The zero-order valence-corrected chi connectivity index (χ0v) is 12.4. The molecule has 0 radical (unpaired) electrons. The van der Waals surface area contributed by atoms with Crippen molar-refractivity contribution in [2.24, 2.45) is 0 Å². The Morgan fingerprint density at radius 2 is 1.68 bits per heavy atom. The molecule has 0 saturated heterocycles. The molecule has 2 N–H and O–H groups in total. The molecule has 0 saturated carbocycles. The molecular weight excluding hydrogens is 234 g/mol. The van der Waals surface area contributed by atoms with Crippen LogP contribution in [0.4, 0.5) is 5.82 Å². The van der Waals surface area contributed by atoms with Crippen molar-refractivity contribution in [1.82, 2.24) is 9.78 Å². The van der Waals surface area contributed by atoms with Gasteiger partial charge in [0, 0.05) is 6.07 Å². The molecule has 2 rings (SSSR count). The second-order valence-corrected chi connectivity index (χ2v) is 6.36. The maximum atomic E-state index is 6.04. The number of nitrogens with two attached hydrogens (primary N) is 1. The van der Waals surface area contributed by atoms with Crippen LogP contribution in [-0.2, 0) is 5.41 Å². The van der Waals surface area contributed by atoms with E-state index in [1.165, 1.54) is 5.56 Å². The predicted octanol–water partition coefficient (Wildman–Crippen LogP) is 3.88. The first-order valence-electron chi connectivity index (χ1n) is 6.75. The number of hydrogen-bond acceptors (Lipinski definition) is 2. The Morgan fingerprint density at radius 3 is 2.11 bits per heavy atom. The van der Waals surface area contributed by atoms with E-state index >= 15 is 0 Å². The monoisotopic (exact) mass is 257 g/mol. The Balaban J connectivity index is 2.37. The Bertz CT molecular complexity index is 557. The molecule has 19 heavy (non-hydrogen) atoms. The third kappa shape index (κ3) is 2.80. The molecule has 3 nitrogen and oxygen atoms in total. The van der Waals surface area contributed by atoms with Crippen molar-refractivity contribution in [2.75, 3.05) is 5.73 Å². The highest BCUT2D eigenvalue weighted by atomic mass is 15.3. The maximum Gasteiger partial charge on any atom is 0.127 e. The first-order chi connectivity index (χ1) is 8.79. The highest BCUT2D eigenvalue weighted by molar-refractivity contribution is 5.45. The van der Waals surface area contributed by atoms with Crippen LogP contribution in [0, 0.1) is 0 Å². The summed E-state index contributed by atoms with van der Waals surface area (Å²) in [6, 6.07) is 10.4. The van der Waals surface area contributed by atoms with Crippen LogP contribution in [0.1, 0.15) is 51.8 Å². The van der Waals surface area contributed by atoms with E-state index in [-0.39, 0.29) is 5.41 Å². The molecule has 2 aromatic rings. The summed E-state index contributed by atoms with van der Waals surface area (Å²) in [4.78, 5) is 0. The van der Waals surface area contributed by atoms with Crippen LogP contribution in [0.15, 0.2) is 30.3 Å². The van der Waals surface area contributed by atoms with Crippen LogP contribution in [0.3, 0.4) is 0 Å². The van der Waals surface area contributed by atoms with Gasteiger partial charge in [0.05, 0.1) is 11.4 Å². The topological polar surface area (TPSA) is 43.8 Å². The Kier molecular flexibility index (Phi) is 3.40. The minimum Gasteiger partial charge on any atom is -0.384 e. The van der Waals surface area contributed by atoms with Crippen LogP contribution in [0.5, 0.6) is 0 Å². The Hall–Kier alpha value is -1.77. The standard InChI is InChI=1S/C16H23N3/c1-11(2)14-10-15(17)19(18-14)13-8-6-12(7-9-13)16(3,4)5/h6-11H,17H2,1-5H3. The summed E-state index contributed by atoms with van der Waals surface area (Å²) < 4.78 is 1.81. The second kappa shape index (κ2) is 4.72. The van der Waals surface area contributed by atoms with Gasteiger partial charge in [-0.15, -0.1) is 0 Å². The molecule has 3 heteroatoms. The second-order valence-electron chi connectivity index (χ2n) is 6.36. The number of hydrogen-bond donors (Lipinski definition) is 1. The van der Waals surface area contributed by atoms with Gasteiger partial charge >= 0.3 is 0 Å². The fourth-order valence-corrected chi connectivity index (χ4v) is 2.01. The lowest BCUT2D eigenvalue weighted by Gasteiger charge is -2.19. The van der Waals surface area contributed by atoms with E-state index in [9.17, 15) is 0 Å². The van der Waals surface area contributed by atoms with E-state index in [1.54, 1.807) is 0 Å². The first kappa shape index (κ1) is 13.7. The summed E-state index contributed by atoms with van der Waals surface area (Å²) in [7, 11) is 0.